The second-order valence-corrected chi connectivity index (χ2v) is 7.94. The Hall–Kier alpha value is -4.42. The van der Waals surface area contributed by atoms with Gasteiger partial charge >= 0.3 is 6.18 Å². The van der Waals surface area contributed by atoms with Gasteiger partial charge in [-0.05, 0) is 11.6 Å². The minimum absolute atomic E-state index is 0.0235. The first-order chi connectivity index (χ1) is 16.7. The van der Waals surface area contributed by atoms with Crippen molar-refractivity contribution < 1.29 is 27.5 Å². The van der Waals surface area contributed by atoms with Gasteiger partial charge in [0.15, 0.2) is 5.69 Å². The van der Waals surface area contributed by atoms with Crippen LogP contribution in [0.2, 0.25) is 0 Å². The van der Waals surface area contributed by atoms with Crippen LogP contribution in [0.1, 0.15) is 21.9 Å². The zero-order valence-electron chi connectivity index (χ0n) is 18.2. The van der Waals surface area contributed by atoms with Crippen LogP contribution in [0.3, 0.4) is 0 Å². The lowest BCUT2D eigenvalue weighted by molar-refractivity contribution is -0.144. The standard InChI is InChI=1S/C22H18F3N7O3/c1-31-17-7-13-14(28-21(27-13)22(23,24)25)8-18(17)35-11-16(20(31)34)26-19(33)15-10-32(30-29-15)9-12-5-3-2-4-6-12/h2-8,10,16H,9,11H2,1H3,(H,26,33)(H,27,28)/t16-/m0/s1. The van der Waals surface area contributed by atoms with Crippen molar-refractivity contribution in [3.63, 3.8) is 0 Å². The highest BCUT2D eigenvalue weighted by Gasteiger charge is 2.36. The highest BCUT2D eigenvalue weighted by molar-refractivity contribution is 6.04. The van der Waals surface area contributed by atoms with Gasteiger partial charge in [-0.3, -0.25) is 9.59 Å². The number of benzene rings is 2. The Bertz CT molecular complexity index is 1410. The third kappa shape index (κ3) is 4.39. The van der Waals surface area contributed by atoms with Crippen LogP contribution in [-0.2, 0) is 17.5 Å². The molecule has 35 heavy (non-hydrogen) atoms. The van der Waals surface area contributed by atoms with E-state index in [2.05, 4.69) is 25.6 Å². The Kier molecular flexibility index (Phi) is 5.38. The fourth-order valence-corrected chi connectivity index (χ4v) is 3.72. The minimum atomic E-state index is -4.64. The lowest BCUT2D eigenvalue weighted by Gasteiger charge is -2.20. The van der Waals surface area contributed by atoms with Crippen molar-refractivity contribution in [2.24, 2.45) is 0 Å². The van der Waals surface area contributed by atoms with Crippen molar-refractivity contribution >= 4 is 28.5 Å². The zero-order chi connectivity index (χ0) is 24.7. The number of aromatic amines is 1. The molecule has 0 saturated carbocycles. The predicted octanol–water partition coefficient (Wildman–Crippen LogP) is 2.38. The Morgan fingerprint density at radius 1 is 1.26 bits per heavy atom. The topological polar surface area (TPSA) is 118 Å². The van der Waals surface area contributed by atoms with E-state index in [0.717, 1.165) is 5.56 Å². The molecule has 0 spiro atoms. The van der Waals surface area contributed by atoms with Crippen LogP contribution in [0.15, 0.2) is 48.7 Å². The number of rotatable bonds is 4. The number of hydrogen-bond donors (Lipinski definition) is 2. The number of halogens is 3. The number of fused-ring (bicyclic) bond motifs is 2. The number of ether oxygens (including phenoxy) is 1. The summed E-state index contributed by atoms with van der Waals surface area (Å²) in [4.78, 5) is 32.7. The van der Waals surface area contributed by atoms with E-state index in [0.29, 0.717) is 6.54 Å². The maximum absolute atomic E-state index is 13.0. The molecule has 5 rings (SSSR count). The van der Waals surface area contributed by atoms with Crippen LogP contribution in [0.5, 0.6) is 5.75 Å². The van der Waals surface area contributed by atoms with Gasteiger partial charge in [0.1, 0.15) is 18.4 Å². The monoisotopic (exact) mass is 485 g/mol. The lowest BCUT2D eigenvalue weighted by Crippen LogP contribution is -2.49. The summed E-state index contributed by atoms with van der Waals surface area (Å²) in [6.45, 7) is 0.185. The molecule has 2 amide bonds. The molecule has 180 valence electrons. The van der Waals surface area contributed by atoms with Gasteiger partial charge in [0.2, 0.25) is 5.82 Å². The van der Waals surface area contributed by atoms with Gasteiger partial charge in [-0.25, -0.2) is 9.67 Å². The fraction of sp³-hybridized carbons (Fsp3) is 0.227. The van der Waals surface area contributed by atoms with E-state index in [1.54, 1.807) is 0 Å². The van der Waals surface area contributed by atoms with Crippen LogP contribution in [-0.4, -0.2) is 56.5 Å². The maximum Gasteiger partial charge on any atom is 0.449 e. The van der Waals surface area contributed by atoms with Crippen molar-refractivity contribution in [3.05, 3.63) is 65.7 Å². The van der Waals surface area contributed by atoms with E-state index < -0.39 is 29.9 Å². The second kappa shape index (κ2) is 8.42. The molecule has 0 bridgehead atoms. The quantitative estimate of drug-likeness (QED) is 0.458. The first-order valence-electron chi connectivity index (χ1n) is 10.5. The molecule has 3 heterocycles. The zero-order valence-corrected chi connectivity index (χ0v) is 18.2. The van der Waals surface area contributed by atoms with E-state index in [4.69, 9.17) is 4.74 Å². The lowest BCUT2D eigenvalue weighted by atomic mass is 10.2. The van der Waals surface area contributed by atoms with Crippen LogP contribution in [0, 0.1) is 0 Å². The van der Waals surface area contributed by atoms with E-state index in [1.165, 1.54) is 35.0 Å². The molecule has 2 aromatic heterocycles. The Morgan fingerprint density at radius 3 is 2.77 bits per heavy atom. The van der Waals surface area contributed by atoms with Crippen LogP contribution >= 0.6 is 0 Å². The average Bonchev–Trinajstić information content (AvgIpc) is 3.45. The van der Waals surface area contributed by atoms with Crippen molar-refractivity contribution in [2.45, 2.75) is 18.8 Å². The molecule has 0 radical (unpaired) electrons. The molecule has 0 saturated heterocycles. The SMILES string of the molecule is CN1C(=O)[C@@H](NC(=O)c2cn(Cc3ccccc3)nn2)COc2cc3nc(C(F)(F)F)[nH]c3cc21. The molecule has 0 unspecified atom stereocenters. The van der Waals surface area contributed by atoms with Gasteiger partial charge in [-0.2, -0.15) is 13.2 Å². The highest BCUT2D eigenvalue weighted by atomic mass is 19.4. The Labute approximate surface area is 195 Å². The van der Waals surface area contributed by atoms with Gasteiger partial charge < -0.3 is 19.9 Å². The summed E-state index contributed by atoms with van der Waals surface area (Å²) < 4.78 is 46.1. The highest BCUT2D eigenvalue weighted by Crippen LogP contribution is 2.36. The summed E-state index contributed by atoms with van der Waals surface area (Å²) in [7, 11) is 1.44. The smallest absolute Gasteiger partial charge is 0.449 e. The molecule has 1 aliphatic heterocycles. The second-order valence-electron chi connectivity index (χ2n) is 7.94. The summed E-state index contributed by atoms with van der Waals surface area (Å²) >= 11 is 0. The maximum atomic E-state index is 13.0. The van der Waals surface area contributed by atoms with Gasteiger partial charge in [0.05, 0.1) is 29.5 Å². The number of amides is 2. The summed E-state index contributed by atoms with van der Waals surface area (Å²) in [5, 5.41) is 10.4. The molecular weight excluding hydrogens is 467 g/mol. The first-order valence-corrected chi connectivity index (χ1v) is 10.5. The summed E-state index contributed by atoms with van der Waals surface area (Å²) in [6.07, 6.45) is -3.17. The van der Waals surface area contributed by atoms with Crippen LogP contribution in [0.25, 0.3) is 11.0 Å². The minimum Gasteiger partial charge on any atom is -0.489 e. The van der Waals surface area contributed by atoms with E-state index in [-0.39, 0.29) is 34.8 Å². The van der Waals surface area contributed by atoms with Gasteiger partial charge in [-0.1, -0.05) is 35.5 Å². The van der Waals surface area contributed by atoms with Crippen molar-refractivity contribution in [2.75, 3.05) is 18.6 Å². The molecular formula is C22H18F3N7O3. The normalized spacial score (nSPS) is 16.1. The number of anilines is 1. The summed E-state index contributed by atoms with van der Waals surface area (Å²) in [5.74, 6) is -2.11. The van der Waals surface area contributed by atoms with Gasteiger partial charge in [0.25, 0.3) is 11.8 Å². The largest absolute Gasteiger partial charge is 0.489 e. The summed E-state index contributed by atoms with van der Waals surface area (Å²) in [5.41, 5.74) is 1.37. The first kappa shape index (κ1) is 22.4. The summed E-state index contributed by atoms with van der Waals surface area (Å²) in [6, 6.07) is 11.1. The number of nitrogens with zero attached hydrogens (tertiary/aromatic N) is 5. The number of hydrogen-bond acceptors (Lipinski definition) is 6. The Balaban J connectivity index is 1.32. The number of likely N-dealkylation sites (N-methyl/N-ethyl adjacent to an activating group) is 1. The number of nitrogens with one attached hydrogen (secondary N) is 2. The van der Waals surface area contributed by atoms with Gasteiger partial charge in [0, 0.05) is 13.1 Å². The van der Waals surface area contributed by atoms with Crippen LogP contribution in [0.4, 0.5) is 18.9 Å². The number of carbonyl (C=O) groups excluding carboxylic acids is 2. The molecule has 0 fully saturated rings. The molecule has 1 aliphatic rings. The fourth-order valence-electron chi connectivity index (χ4n) is 3.72. The molecule has 0 aliphatic carbocycles. The van der Waals surface area contributed by atoms with Crippen LogP contribution < -0.4 is 15.0 Å². The van der Waals surface area contributed by atoms with E-state index in [1.807, 2.05) is 30.3 Å². The third-order valence-electron chi connectivity index (χ3n) is 5.49. The van der Waals surface area contributed by atoms with Gasteiger partial charge in [-0.15, -0.1) is 5.10 Å². The number of H-pyrrole nitrogens is 1. The molecule has 10 nitrogen and oxygen atoms in total. The van der Waals surface area contributed by atoms with Crippen molar-refractivity contribution in [1.29, 1.82) is 0 Å². The van der Waals surface area contributed by atoms with E-state index >= 15 is 0 Å². The molecule has 2 aromatic carbocycles. The average molecular weight is 485 g/mol. The molecule has 2 N–H and O–H groups in total. The molecule has 4 aromatic rings. The van der Waals surface area contributed by atoms with Crippen molar-refractivity contribution in [1.82, 2.24) is 30.3 Å². The Morgan fingerprint density at radius 2 is 2.03 bits per heavy atom. The number of aromatic nitrogens is 5. The molecule has 1 atom stereocenters. The molecule has 13 heteroatoms. The predicted molar refractivity (Wildman–Crippen MR) is 117 cm³/mol. The number of carbonyl (C=O) groups is 2. The van der Waals surface area contributed by atoms with Crippen molar-refractivity contribution in [3.8, 4) is 5.75 Å². The van der Waals surface area contributed by atoms with E-state index in [9.17, 15) is 22.8 Å². The number of imidazole rings is 1. The third-order valence-corrected chi connectivity index (χ3v) is 5.49. The number of alkyl halides is 3.